The van der Waals surface area contributed by atoms with Crippen LogP contribution in [0.3, 0.4) is 0 Å². The van der Waals surface area contributed by atoms with Crippen LogP contribution in [-0.4, -0.2) is 25.3 Å². The summed E-state index contributed by atoms with van der Waals surface area (Å²) < 4.78 is 23.3. The molecule has 17 heavy (non-hydrogen) atoms. The minimum absolute atomic E-state index is 0.00815. The van der Waals surface area contributed by atoms with Crippen molar-refractivity contribution in [2.24, 2.45) is 5.73 Å². The first-order valence-electron chi connectivity index (χ1n) is 4.52. The Morgan fingerprint density at radius 1 is 1.53 bits per heavy atom. The van der Waals surface area contributed by atoms with Crippen molar-refractivity contribution in [1.29, 1.82) is 0 Å². The summed E-state index contributed by atoms with van der Waals surface area (Å²) in [4.78, 5) is 10.8. The van der Waals surface area contributed by atoms with E-state index in [0.717, 1.165) is 6.07 Å². The molecule has 1 unspecified atom stereocenters. The molecule has 0 saturated heterocycles. The smallest absolute Gasteiger partial charge is 0.325 e. The van der Waals surface area contributed by atoms with E-state index in [1.807, 2.05) is 0 Å². The molecule has 1 aromatic rings. The Kier molecular flexibility index (Phi) is 4.14. The maximum atomic E-state index is 13.5. The van der Waals surface area contributed by atoms with Gasteiger partial charge in [0, 0.05) is 11.6 Å². The number of aliphatic carboxylic acids is 1. The molecule has 1 rings (SSSR count). The van der Waals surface area contributed by atoms with Crippen LogP contribution in [0.25, 0.3) is 0 Å². The van der Waals surface area contributed by atoms with Gasteiger partial charge in [0.25, 0.3) is 0 Å². The van der Waals surface area contributed by atoms with Crippen LogP contribution in [-0.2, 0) is 4.79 Å². The van der Waals surface area contributed by atoms with E-state index in [9.17, 15) is 9.18 Å². The van der Waals surface area contributed by atoms with Gasteiger partial charge in [-0.15, -0.1) is 0 Å². The molecule has 0 spiro atoms. The van der Waals surface area contributed by atoms with Crippen LogP contribution in [0.1, 0.15) is 11.6 Å². The third kappa shape index (κ3) is 2.42. The van der Waals surface area contributed by atoms with Gasteiger partial charge in [-0.3, -0.25) is 4.79 Å². The van der Waals surface area contributed by atoms with Crippen LogP contribution in [0.5, 0.6) is 11.5 Å². The average Bonchev–Trinajstić information content (AvgIpc) is 2.30. The number of hydrogen-bond acceptors (Lipinski definition) is 4. The van der Waals surface area contributed by atoms with Gasteiger partial charge in [0.05, 0.1) is 19.2 Å². The van der Waals surface area contributed by atoms with E-state index in [0.29, 0.717) is 0 Å². The van der Waals surface area contributed by atoms with Gasteiger partial charge in [-0.25, -0.2) is 4.39 Å². The number of hydrogen-bond donors (Lipinski definition) is 2. The van der Waals surface area contributed by atoms with Crippen molar-refractivity contribution in [2.45, 2.75) is 6.04 Å². The summed E-state index contributed by atoms with van der Waals surface area (Å²) in [5.74, 6) is -2.14. The van der Waals surface area contributed by atoms with Gasteiger partial charge in [-0.1, -0.05) is 11.6 Å². The predicted octanol–water partition coefficient (Wildman–Crippen LogP) is 1.58. The van der Waals surface area contributed by atoms with Gasteiger partial charge >= 0.3 is 5.97 Å². The zero-order valence-corrected chi connectivity index (χ0v) is 9.92. The minimum Gasteiger partial charge on any atom is -0.493 e. The second-order valence-corrected chi connectivity index (χ2v) is 3.52. The van der Waals surface area contributed by atoms with Crippen LogP contribution in [0.2, 0.25) is 5.02 Å². The molecule has 0 radical (unpaired) electrons. The number of rotatable bonds is 4. The number of ether oxygens (including phenoxy) is 2. The predicted molar refractivity (Wildman–Crippen MR) is 59.1 cm³/mol. The number of carbonyl (C=O) groups is 1. The lowest BCUT2D eigenvalue weighted by Gasteiger charge is -2.17. The van der Waals surface area contributed by atoms with Gasteiger partial charge in [0.15, 0.2) is 11.5 Å². The largest absolute Gasteiger partial charge is 0.493 e. The summed E-state index contributed by atoms with van der Waals surface area (Å²) in [6, 6.07) is -0.499. The third-order valence-corrected chi connectivity index (χ3v) is 2.56. The van der Waals surface area contributed by atoms with Gasteiger partial charge < -0.3 is 20.3 Å². The molecule has 5 nitrogen and oxygen atoms in total. The standard InChI is InChI=1S/C10H11ClFNO4/c1-16-5-3-4(12)7(11)6(9(5)17-2)8(13)10(14)15/h3,8H,13H2,1-2H3,(H,14,15). The van der Waals surface area contributed by atoms with E-state index in [-0.39, 0.29) is 17.1 Å². The highest BCUT2D eigenvalue weighted by Crippen LogP contribution is 2.40. The van der Waals surface area contributed by atoms with Crippen molar-refractivity contribution in [3.8, 4) is 11.5 Å². The fraction of sp³-hybridized carbons (Fsp3) is 0.300. The van der Waals surface area contributed by atoms with E-state index in [2.05, 4.69) is 0 Å². The quantitative estimate of drug-likeness (QED) is 0.862. The Balaban J connectivity index is 3.53. The molecule has 0 heterocycles. The molecule has 1 aromatic carbocycles. The normalized spacial score (nSPS) is 12.1. The highest BCUT2D eigenvalue weighted by molar-refractivity contribution is 6.32. The number of carboxylic acids is 1. The van der Waals surface area contributed by atoms with Crippen molar-refractivity contribution in [1.82, 2.24) is 0 Å². The van der Waals surface area contributed by atoms with Gasteiger partial charge in [-0.05, 0) is 0 Å². The zero-order valence-electron chi connectivity index (χ0n) is 9.16. The molecule has 0 aromatic heterocycles. The molecule has 0 bridgehead atoms. The second kappa shape index (κ2) is 5.20. The molecular formula is C10H11ClFNO4. The lowest BCUT2D eigenvalue weighted by molar-refractivity contribution is -0.138. The second-order valence-electron chi connectivity index (χ2n) is 3.14. The molecule has 0 aliphatic heterocycles. The van der Waals surface area contributed by atoms with Crippen LogP contribution in [0.15, 0.2) is 6.07 Å². The van der Waals surface area contributed by atoms with Crippen molar-refractivity contribution in [3.05, 3.63) is 22.5 Å². The molecule has 94 valence electrons. The number of nitrogens with two attached hydrogens (primary N) is 1. The third-order valence-electron chi connectivity index (χ3n) is 2.17. The Bertz CT molecular complexity index is 452. The number of carboxylic acid groups (broad SMARTS) is 1. The fourth-order valence-corrected chi connectivity index (χ4v) is 1.63. The number of methoxy groups -OCH3 is 2. The monoisotopic (exact) mass is 263 g/mol. The van der Waals surface area contributed by atoms with Crippen molar-refractivity contribution in [3.63, 3.8) is 0 Å². The van der Waals surface area contributed by atoms with E-state index < -0.39 is 22.9 Å². The van der Waals surface area contributed by atoms with E-state index in [1.165, 1.54) is 14.2 Å². The topological polar surface area (TPSA) is 81.8 Å². The number of halogens is 2. The van der Waals surface area contributed by atoms with Crippen LogP contribution >= 0.6 is 11.6 Å². The molecule has 1 atom stereocenters. The maximum absolute atomic E-state index is 13.5. The lowest BCUT2D eigenvalue weighted by atomic mass is 10.1. The first-order valence-corrected chi connectivity index (χ1v) is 4.90. The minimum atomic E-state index is -1.50. The number of benzene rings is 1. The SMILES string of the molecule is COc1cc(F)c(Cl)c(C(N)C(=O)O)c1OC. The maximum Gasteiger partial charge on any atom is 0.325 e. The Morgan fingerprint density at radius 2 is 2.12 bits per heavy atom. The molecule has 0 amide bonds. The van der Waals surface area contributed by atoms with Crippen molar-refractivity contribution in [2.75, 3.05) is 14.2 Å². The highest BCUT2D eigenvalue weighted by atomic mass is 35.5. The van der Waals surface area contributed by atoms with E-state index in [4.69, 9.17) is 31.9 Å². The van der Waals surface area contributed by atoms with Gasteiger partial charge in [0.1, 0.15) is 11.9 Å². The van der Waals surface area contributed by atoms with Crippen molar-refractivity contribution < 1.29 is 23.8 Å². The van der Waals surface area contributed by atoms with Crippen LogP contribution in [0, 0.1) is 5.82 Å². The highest BCUT2D eigenvalue weighted by Gasteiger charge is 2.27. The molecule has 0 saturated carbocycles. The Morgan fingerprint density at radius 3 is 2.53 bits per heavy atom. The molecule has 0 aliphatic carbocycles. The summed E-state index contributed by atoms with van der Waals surface area (Å²) in [5, 5.41) is 8.44. The first-order chi connectivity index (χ1) is 7.93. The molecule has 7 heteroatoms. The first kappa shape index (κ1) is 13.5. The summed E-state index contributed by atoms with van der Waals surface area (Å²) in [7, 11) is 2.57. The Labute approximate surface area is 102 Å². The fourth-order valence-electron chi connectivity index (χ4n) is 1.37. The summed E-state index contributed by atoms with van der Waals surface area (Å²) in [6.45, 7) is 0. The van der Waals surface area contributed by atoms with Crippen LogP contribution in [0.4, 0.5) is 4.39 Å². The van der Waals surface area contributed by atoms with Gasteiger partial charge in [0.2, 0.25) is 0 Å². The zero-order chi connectivity index (χ0) is 13.2. The Hall–Kier alpha value is -1.53. The summed E-state index contributed by atoms with van der Waals surface area (Å²) in [6.07, 6.45) is 0. The van der Waals surface area contributed by atoms with E-state index in [1.54, 1.807) is 0 Å². The molecular weight excluding hydrogens is 253 g/mol. The lowest BCUT2D eigenvalue weighted by Crippen LogP contribution is -2.22. The molecule has 0 fully saturated rings. The molecule has 3 N–H and O–H groups in total. The van der Waals surface area contributed by atoms with E-state index >= 15 is 0 Å². The molecule has 0 aliphatic rings. The van der Waals surface area contributed by atoms with Crippen LogP contribution < -0.4 is 15.2 Å². The average molecular weight is 264 g/mol. The summed E-state index contributed by atoms with van der Waals surface area (Å²) >= 11 is 5.69. The van der Waals surface area contributed by atoms with Gasteiger partial charge in [-0.2, -0.15) is 0 Å². The van der Waals surface area contributed by atoms with Crippen molar-refractivity contribution >= 4 is 17.6 Å². The summed E-state index contributed by atoms with van der Waals surface area (Å²) in [5.41, 5.74) is 5.27.